The molecule has 0 spiro atoms. The fourth-order valence-corrected chi connectivity index (χ4v) is 2.62. The minimum atomic E-state index is 0.322. The Hall–Kier alpha value is -1.32. The molecule has 0 amide bonds. The van der Waals surface area contributed by atoms with Crippen molar-refractivity contribution in [2.45, 2.75) is 52.1 Å². The molecule has 2 unspecified atom stereocenters. The Morgan fingerprint density at radius 1 is 1.39 bits per heavy atom. The first-order valence-electron chi connectivity index (χ1n) is 6.91. The summed E-state index contributed by atoms with van der Waals surface area (Å²) in [5, 5.41) is 3.03. The van der Waals surface area contributed by atoms with Gasteiger partial charge in [-0.3, -0.25) is 0 Å². The summed E-state index contributed by atoms with van der Waals surface area (Å²) in [6.45, 7) is 4.16. The third-order valence-electron chi connectivity index (χ3n) is 3.67. The molecule has 1 heterocycles. The number of hydrogen-bond donors (Lipinski definition) is 1. The first-order valence-corrected chi connectivity index (χ1v) is 6.91. The highest BCUT2D eigenvalue weighted by Crippen LogP contribution is 2.29. The first-order chi connectivity index (χ1) is 8.71. The Bertz CT molecular complexity index is 395. The van der Waals surface area contributed by atoms with Gasteiger partial charge < -0.3 is 10.1 Å². The minimum Gasteiger partial charge on any atom is -0.474 e. The van der Waals surface area contributed by atoms with Gasteiger partial charge in [0.15, 0.2) is 0 Å². The maximum Gasteiger partial charge on any atom is 0.218 e. The van der Waals surface area contributed by atoms with E-state index in [2.05, 4.69) is 22.2 Å². The summed E-state index contributed by atoms with van der Waals surface area (Å²) in [6, 6.07) is 1.88. The number of ether oxygens (including phenoxy) is 1. The van der Waals surface area contributed by atoms with Gasteiger partial charge in [-0.05, 0) is 32.1 Å². The van der Waals surface area contributed by atoms with Crippen molar-refractivity contribution in [3.05, 3.63) is 11.9 Å². The van der Waals surface area contributed by atoms with Crippen molar-refractivity contribution in [1.82, 2.24) is 9.97 Å². The van der Waals surface area contributed by atoms with Crippen molar-refractivity contribution in [1.29, 1.82) is 0 Å². The fourth-order valence-electron chi connectivity index (χ4n) is 2.62. The number of aryl methyl sites for hydroxylation is 1. The summed E-state index contributed by atoms with van der Waals surface area (Å²) >= 11 is 0. The van der Waals surface area contributed by atoms with Gasteiger partial charge in [0.05, 0.1) is 0 Å². The molecule has 4 nitrogen and oxygen atoms in total. The summed E-state index contributed by atoms with van der Waals surface area (Å²) in [5.41, 5.74) is 0. The fraction of sp³-hybridized carbons (Fsp3) is 0.714. The van der Waals surface area contributed by atoms with Crippen LogP contribution in [0.15, 0.2) is 6.07 Å². The van der Waals surface area contributed by atoms with Crippen LogP contribution in [0.2, 0.25) is 0 Å². The zero-order chi connectivity index (χ0) is 13.0. The number of hydrogen-bond acceptors (Lipinski definition) is 4. The smallest absolute Gasteiger partial charge is 0.218 e. The second-order valence-electron chi connectivity index (χ2n) is 5.07. The Balaban J connectivity index is 2.02. The lowest BCUT2D eigenvalue weighted by atomic mass is 9.85. The van der Waals surface area contributed by atoms with Gasteiger partial charge in [0.1, 0.15) is 17.7 Å². The number of nitrogens with zero attached hydrogens (tertiary/aromatic N) is 2. The zero-order valence-corrected chi connectivity index (χ0v) is 11.6. The van der Waals surface area contributed by atoms with E-state index < -0.39 is 0 Å². The van der Waals surface area contributed by atoms with E-state index in [1.807, 2.05) is 20.0 Å². The summed E-state index contributed by atoms with van der Waals surface area (Å²) < 4.78 is 6.02. The molecule has 18 heavy (non-hydrogen) atoms. The van der Waals surface area contributed by atoms with Crippen LogP contribution >= 0.6 is 0 Å². The van der Waals surface area contributed by atoms with Crippen molar-refractivity contribution < 1.29 is 4.74 Å². The van der Waals surface area contributed by atoms with Crippen LogP contribution in [-0.2, 0) is 0 Å². The largest absolute Gasteiger partial charge is 0.474 e. The van der Waals surface area contributed by atoms with E-state index in [9.17, 15) is 0 Å². The van der Waals surface area contributed by atoms with Gasteiger partial charge in [-0.1, -0.05) is 19.8 Å². The lowest BCUT2D eigenvalue weighted by molar-refractivity contribution is 0.117. The molecular weight excluding hydrogens is 226 g/mol. The average molecular weight is 249 g/mol. The predicted octanol–water partition coefficient (Wildman–Crippen LogP) is 3.17. The molecule has 1 fully saturated rings. The highest BCUT2D eigenvalue weighted by atomic mass is 16.5. The maximum absolute atomic E-state index is 6.02. The van der Waals surface area contributed by atoms with Crippen molar-refractivity contribution in [3.8, 4) is 5.88 Å². The average Bonchev–Trinajstić information content (AvgIpc) is 2.38. The van der Waals surface area contributed by atoms with Gasteiger partial charge >= 0.3 is 0 Å². The zero-order valence-electron chi connectivity index (χ0n) is 11.6. The highest BCUT2D eigenvalue weighted by molar-refractivity contribution is 5.37. The highest BCUT2D eigenvalue weighted by Gasteiger charge is 2.22. The second kappa shape index (κ2) is 6.03. The van der Waals surface area contributed by atoms with Crippen molar-refractivity contribution in [2.24, 2.45) is 5.92 Å². The Morgan fingerprint density at radius 2 is 2.22 bits per heavy atom. The second-order valence-corrected chi connectivity index (χ2v) is 5.07. The molecule has 1 aliphatic rings. The van der Waals surface area contributed by atoms with E-state index in [0.29, 0.717) is 12.0 Å². The van der Waals surface area contributed by atoms with E-state index in [1.54, 1.807) is 0 Å². The molecule has 1 aromatic rings. The SMILES string of the molecule is CCC1CCCC(Oc2cc(NC)nc(C)n2)C1. The lowest BCUT2D eigenvalue weighted by Crippen LogP contribution is -2.25. The molecule has 0 aliphatic heterocycles. The molecular formula is C14H23N3O. The number of nitrogens with one attached hydrogen (secondary N) is 1. The molecule has 1 N–H and O–H groups in total. The molecule has 0 bridgehead atoms. The van der Waals surface area contributed by atoms with Gasteiger partial charge in [0.25, 0.3) is 0 Å². The standard InChI is InChI=1S/C14H23N3O/c1-4-11-6-5-7-12(8-11)18-14-9-13(15-3)16-10(2)17-14/h9,11-12H,4-8H2,1-3H3,(H,15,16,17). The van der Waals surface area contributed by atoms with Crippen molar-refractivity contribution in [2.75, 3.05) is 12.4 Å². The third-order valence-corrected chi connectivity index (χ3v) is 3.67. The van der Waals surface area contributed by atoms with E-state index in [1.165, 1.54) is 19.3 Å². The van der Waals surface area contributed by atoms with Gasteiger partial charge in [0, 0.05) is 13.1 Å². The topological polar surface area (TPSA) is 47.0 Å². The molecule has 2 rings (SSSR count). The normalized spacial score (nSPS) is 23.7. The number of anilines is 1. The van der Waals surface area contributed by atoms with Gasteiger partial charge in [0.2, 0.25) is 5.88 Å². The maximum atomic E-state index is 6.02. The summed E-state index contributed by atoms with van der Waals surface area (Å²) in [6.07, 6.45) is 6.50. The van der Waals surface area contributed by atoms with Crippen LogP contribution in [-0.4, -0.2) is 23.1 Å². The van der Waals surface area contributed by atoms with E-state index in [-0.39, 0.29) is 0 Å². The van der Waals surface area contributed by atoms with E-state index in [4.69, 9.17) is 4.74 Å². The van der Waals surface area contributed by atoms with Crippen LogP contribution in [0.5, 0.6) is 5.88 Å². The van der Waals surface area contributed by atoms with Crippen LogP contribution in [0.1, 0.15) is 44.9 Å². The molecule has 4 heteroatoms. The van der Waals surface area contributed by atoms with Crippen molar-refractivity contribution in [3.63, 3.8) is 0 Å². The van der Waals surface area contributed by atoms with Gasteiger partial charge in [-0.2, -0.15) is 4.98 Å². The quantitative estimate of drug-likeness (QED) is 0.890. The minimum absolute atomic E-state index is 0.322. The monoisotopic (exact) mass is 249 g/mol. The Labute approximate surface area is 109 Å². The molecule has 1 aromatic heterocycles. The van der Waals surface area contributed by atoms with E-state index in [0.717, 1.165) is 30.4 Å². The number of aromatic nitrogens is 2. The molecule has 1 aliphatic carbocycles. The molecule has 2 atom stereocenters. The lowest BCUT2D eigenvalue weighted by Gasteiger charge is -2.28. The predicted molar refractivity (Wildman–Crippen MR) is 73.0 cm³/mol. The Morgan fingerprint density at radius 3 is 2.94 bits per heavy atom. The van der Waals surface area contributed by atoms with Gasteiger partial charge in [-0.25, -0.2) is 4.98 Å². The van der Waals surface area contributed by atoms with Crippen molar-refractivity contribution >= 4 is 5.82 Å². The summed E-state index contributed by atoms with van der Waals surface area (Å²) in [7, 11) is 1.86. The summed E-state index contributed by atoms with van der Waals surface area (Å²) in [4.78, 5) is 8.63. The van der Waals surface area contributed by atoms with E-state index >= 15 is 0 Å². The molecule has 100 valence electrons. The van der Waals surface area contributed by atoms with Crippen LogP contribution in [0.3, 0.4) is 0 Å². The van der Waals surface area contributed by atoms with Crippen LogP contribution in [0.4, 0.5) is 5.82 Å². The van der Waals surface area contributed by atoms with Gasteiger partial charge in [-0.15, -0.1) is 0 Å². The molecule has 1 saturated carbocycles. The molecule has 0 aromatic carbocycles. The number of rotatable bonds is 4. The molecule has 0 radical (unpaired) electrons. The van der Waals surface area contributed by atoms with Crippen LogP contribution < -0.4 is 10.1 Å². The first kappa shape index (κ1) is 13.1. The summed E-state index contributed by atoms with van der Waals surface area (Å²) in [5.74, 6) is 3.09. The van der Waals surface area contributed by atoms with Crippen LogP contribution in [0.25, 0.3) is 0 Å². The Kier molecular flexibility index (Phi) is 4.39. The third kappa shape index (κ3) is 3.34. The van der Waals surface area contributed by atoms with Crippen LogP contribution in [0, 0.1) is 12.8 Å². The molecule has 0 saturated heterocycles.